The lowest BCUT2D eigenvalue weighted by Gasteiger charge is -2.05. The topological polar surface area (TPSA) is 121 Å². The number of benzene rings is 1. The number of hydrogen-bond acceptors (Lipinski definition) is 6. The van der Waals surface area contributed by atoms with Gasteiger partial charge in [-0.3, -0.25) is 0 Å². The molecule has 0 saturated heterocycles. The predicted molar refractivity (Wildman–Crippen MR) is 66.6 cm³/mol. The van der Waals surface area contributed by atoms with E-state index in [9.17, 15) is 8.42 Å². The van der Waals surface area contributed by atoms with Crippen molar-refractivity contribution in [2.24, 2.45) is 5.11 Å². The molecule has 2 aromatic rings. The molecule has 1 N–H and O–H groups in total. The Balaban J connectivity index is 2.29. The van der Waals surface area contributed by atoms with E-state index >= 15 is 0 Å². The minimum absolute atomic E-state index is 0.0420. The van der Waals surface area contributed by atoms with Gasteiger partial charge in [-0.05, 0) is 17.7 Å². The SMILES string of the molecule is [N-]=[N+]=NCCNS(=O)(=O)c1cccc2nsnc12. The highest BCUT2D eigenvalue weighted by atomic mass is 32.2. The molecule has 1 aromatic carbocycles. The normalized spacial score (nSPS) is 11.3. The molecule has 0 aliphatic rings. The smallest absolute Gasteiger partial charge is 0.211 e. The number of azide groups is 1. The maximum absolute atomic E-state index is 12.0. The maximum Gasteiger partial charge on any atom is 0.242 e. The second-order valence-corrected chi connectivity index (χ2v) is 5.50. The number of aromatic nitrogens is 2. The highest BCUT2D eigenvalue weighted by molar-refractivity contribution is 7.89. The molecule has 0 saturated carbocycles. The van der Waals surface area contributed by atoms with Gasteiger partial charge < -0.3 is 0 Å². The van der Waals surface area contributed by atoms with Crippen LogP contribution in [0.2, 0.25) is 0 Å². The van der Waals surface area contributed by atoms with Crippen LogP contribution >= 0.6 is 11.7 Å². The van der Waals surface area contributed by atoms with Gasteiger partial charge in [0.1, 0.15) is 15.9 Å². The molecule has 18 heavy (non-hydrogen) atoms. The number of rotatable bonds is 5. The Kier molecular flexibility index (Phi) is 3.72. The summed E-state index contributed by atoms with van der Waals surface area (Å²) in [5, 5.41) is 3.25. The molecular formula is C8H8N6O2S2. The largest absolute Gasteiger partial charge is 0.242 e. The fourth-order valence-corrected chi connectivity index (χ4v) is 3.14. The van der Waals surface area contributed by atoms with Gasteiger partial charge in [0, 0.05) is 18.0 Å². The summed E-state index contributed by atoms with van der Waals surface area (Å²) in [6.07, 6.45) is 0. The number of nitrogens with zero attached hydrogens (tertiary/aromatic N) is 5. The van der Waals surface area contributed by atoms with E-state index in [0.717, 1.165) is 11.7 Å². The molecule has 0 radical (unpaired) electrons. The van der Waals surface area contributed by atoms with Gasteiger partial charge in [-0.2, -0.15) is 8.75 Å². The molecule has 0 atom stereocenters. The van der Waals surface area contributed by atoms with Crippen molar-refractivity contribution in [1.29, 1.82) is 0 Å². The third-order valence-corrected chi connectivity index (χ3v) is 4.14. The Labute approximate surface area is 107 Å². The van der Waals surface area contributed by atoms with E-state index in [0.29, 0.717) is 11.0 Å². The molecule has 10 heteroatoms. The zero-order chi connectivity index (χ0) is 13.0. The van der Waals surface area contributed by atoms with E-state index in [1.807, 2.05) is 0 Å². The van der Waals surface area contributed by atoms with E-state index in [1.165, 1.54) is 6.07 Å². The minimum Gasteiger partial charge on any atom is -0.211 e. The molecule has 0 bridgehead atoms. The molecule has 2 rings (SSSR count). The molecule has 0 unspecified atom stereocenters. The van der Waals surface area contributed by atoms with Crippen LogP contribution in [0.1, 0.15) is 0 Å². The van der Waals surface area contributed by atoms with Gasteiger partial charge in [0.05, 0.1) is 11.7 Å². The predicted octanol–water partition coefficient (Wildman–Crippen LogP) is 1.28. The third-order valence-electron chi connectivity index (χ3n) is 2.11. The Hall–Kier alpha value is -1.74. The van der Waals surface area contributed by atoms with Crippen molar-refractivity contribution in [2.45, 2.75) is 4.90 Å². The van der Waals surface area contributed by atoms with Gasteiger partial charge in [-0.1, -0.05) is 11.2 Å². The van der Waals surface area contributed by atoms with Gasteiger partial charge in [-0.15, -0.1) is 0 Å². The fourth-order valence-electron chi connectivity index (χ4n) is 1.35. The van der Waals surface area contributed by atoms with Crippen LogP contribution in [0.5, 0.6) is 0 Å². The lowest BCUT2D eigenvalue weighted by atomic mass is 10.3. The Morgan fingerprint density at radius 3 is 3.06 bits per heavy atom. The van der Waals surface area contributed by atoms with Gasteiger partial charge in [0.15, 0.2) is 0 Å². The standard InChI is InChI=1S/C8H8N6O2S2/c9-14-10-4-5-11-18(15,16)7-3-1-2-6-8(7)13-17-12-6/h1-3,11H,4-5H2. The first-order chi connectivity index (χ1) is 8.65. The average molecular weight is 284 g/mol. The van der Waals surface area contributed by atoms with Crippen LogP contribution in [0.15, 0.2) is 28.2 Å². The van der Waals surface area contributed by atoms with Crippen LogP contribution in [0.25, 0.3) is 21.5 Å². The summed E-state index contributed by atoms with van der Waals surface area (Å²) < 4.78 is 34.3. The van der Waals surface area contributed by atoms with E-state index in [4.69, 9.17) is 5.53 Å². The molecule has 0 amide bonds. The van der Waals surface area contributed by atoms with Crippen molar-refractivity contribution < 1.29 is 8.42 Å². The van der Waals surface area contributed by atoms with Crippen LogP contribution in [0, 0.1) is 0 Å². The summed E-state index contributed by atoms with van der Waals surface area (Å²) in [6, 6.07) is 4.75. The van der Waals surface area contributed by atoms with E-state index in [1.54, 1.807) is 12.1 Å². The number of hydrogen-bond donors (Lipinski definition) is 1. The molecule has 1 aromatic heterocycles. The van der Waals surface area contributed by atoms with Crippen molar-refractivity contribution in [3.05, 3.63) is 28.6 Å². The summed E-state index contributed by atoms with van der Waals surface area (Å²) in [6.45, 7) is 0.0986. The molecule has 0 fully saturated rings. The molecule has 8 nitrogen and oxygen atoms in total. The monoisotopic (exact) mass is 284 g/mol. The molecule has 1 heterocycles. The fraction of sp³-hybridized carbons (Fsp3) is 0.250. The van der Waals surface area contributed by atoms with Crippen molar-refractivity contribution in [2.75, 3.05) is 13.1 Å². The average Bonchev–Trinajstić information content (AvgIpc) is 2.82. The van der Waals surface area contributed by atoms with E-state index in [2.05, 4.69) is 23.5 Å². The number of nitrogens with one attached hydrogen (secondary N) is 1. The van der Waals surface area contributed by atoms with Crippen LogP contribution in [0.4, 0.5) is 0 Å². The lowest BCUT2D eigenvalue weighted by molar-refractivity contribution is 0.583. The van der Waals surface area contributed by atoms with Crippen molar-refractivity contribution in [1.82, 2.24) is 13.5 Å². The molecular weight excluding hydrogens is 276 g/mol. The van der Waals surface area contributed by atoms with E-state index < -0.39 is 10.0 Å². The highest BCUT2D eigenvalue weighted by Gasteiger charge is 2.18. The summed E-state index contributed by atoms with van der Waals surface area (Å²) >= 11 is 0.956. The summed E-state index contributed by atoms with van der Waals surface area (Å²) in [5.74, 6) is 0. The maximum atomic E-state index is 12.0. The highest BCUT2D eigenvalue weighted by Crippen LogP contribution is 2.20. The minimum atomic E-state index is -3.67. The molecule has 0 aliphatic heterocycles. The van der Waals surface area contributed by atoms with Gasteiger partial charge in [0.2, 0.25) is 10.0 Å². The van der Waals surface area contributed by atoms with Crippen molar-refractivity contribution in [3.63, 3.8) is 0 Å². The van der Waals surface area contributed by atoms with Gasteiger partial charge in [-0.25, -0.2) is 13.1 Å². The first kappa shape index (κ1) is 12.7. The van der Waals surface area contributed by atoms with Crippen LogP contribution in [-0.2, 0) is 10.0 Å². The summed E-state index contributed by atoms with van der Waals surface area (Å²) in [7, 11) is -3.67. The second-order valence-electron chi connectivity index (χ2n) is 3.24. The zero-order valence-corrected chi connectivity index (χ0v) is 10.6. The lowest BCUT2D eigenvalue weighted by Crippen LogP contribution is -2.26. The quantitative estimate of drug-likeness (QED) is 0.384. The molecule has 94 valence electrons. The summed E-state index contributed by atoms with van der Waals surface area (Å²) in [5.41, 5.74) is 8.98. The van der Waals surface area contributed by atoms with Gasteiger partial charge >= 0.3 is 0 Å². The number of fused-ring (bicyclic) bond motifs is 1. The molecule has 0 spiro atoms. The zero-order valence-electron chi connectivity index (χ0n) is 9.02. The van der Waals surface area contributed by atoms with Gasteiger partial charge in [0.25, 0.3) is 0 Å². The Morgan fingerprint density at radius 1 is 1.44 bits per heavy atom. The summed E-state index contributed by atoms with van der Waals surface area (Å²) in [4.78, 5) is 2.62. The molecule has 0 aliphatic carbocycles. The Morgan fingerprint density at radius 2 is 2.28 bits per heavy atom. The second kappa shape index (κ2) is 5.27. The third kappa shape index (κ3) is 2.57. The Bertz CT molecular complexity index is 703. The van der Waals surface area contributed by atoms with Crippen molar-refractivity contribution in [3.8, 4) is 0 Å². The van der Waals surface area contributed by atoms with E-state index in [-0.39, 0.29) is 18.0 Å². The van der Waals surface area contributed by atoms with Crippen LogP contribution < -0.4 is 4.72 Å². The van der Waals surface area contributed by atoms with Crippen LogP contribution in [0.3, 0.4) is 0 Å². The number of sulfonamides is 1. The van der Waals surface area contributed by atoms with Crippen molar-refractivity contribution >= 4 is 32.8 Å². The first-order valence-corrected chi connectivity index (χ1v) is 7.08. The first-order valence-electron chi connectivity index (χ1n) is 4.87. The van der Waals surface area contributed by atoms with Crippen LogP contribution in [-0.4, -0.2) is 30.3 Å².